The minimum absolute atomic E-state index is 0. The molecule has 0 spiro atoms. The number of anilines is 1. The van der Waals surface area contributed by atoms with Gasteiger partial charge in [-0.15, -0.1) is 24.8 Å². The highest BCUT2D eigenvalue weighted by molar-refractivity contribution is 6.21. The van der Waals surface area contributed by atoms with Gasteiger partial charge in [-0.3, -0.25) is 4.79 Å². The molecule has 0 radical (unpaired) electrons. The van der Waals surface area contributed by atoms with E-state index in [1.54, 1.807) is 32.2 Å². The molecule has 35 heavy (non-hydrogen) atoms. The van der Waals surface area contributed by atoms with Crippen molar-refractivity contribution in [1.82, 2.24) is 9.97 Å². The number of rotatable bonds is 7. The number of benzene rings is 2. The zero-order chi connectivity index (χ0) is 23.7. The molecule has 0 fully saturated rings. The quantitative estimate of drug-likeness (QED) is 0.316. The van der Waals surface area contributed by atoms with Gasteiger partial charge in [0.25, 0.3) is 0 Å². The maximum atomic E-state index is 13.9. The lowest BCUT2D eigenvalue weighted by atomic mass is 9.96. The molecule has 0 aliphatic carbocycles. The second-order valence-corrected chi connectivity index (χ2v) is 7.45. The standard InChI is InChI=1S/C25H25N3O5.2ClH/c1-6-26-24-18(10-14-9-15(31-3)7-8-19(14)28-24)23(29)22-17-12-21(33-5)20(32-4)11-16(17)13(2)27-25(22)30;;/h7-12H,6H2,1-5H3,(H,26,28)(H,27,30);2*1H. The molecule has 186 valence electrons. The number of nitrogens with one attached hydrogen (secondary N) is 1. The van der Waals surface area contributed by atoms with Crippen LogP contribution in [0, 0.1) is 6.92 Å². The summed E-state index contributed by atoms with van der Waals surface area (Å²) in [4.78, 5) is 22.7. The lowest BCUT2D eigenvalue weighted by Gasteiger charge is -2.16. The third kappa shape index (κ3) is 4.99. The van der Waals surface area contributed by atoms with E-state index in [9.17, 15) is 9.90 Å². The van der Waals surface area contributed by atoms with Crippen LogP contribution in [0.15, 0.2) is 36.4 Å². The molecule has 0 atom stereocenters. The van der Waals surface area contributed by atoms with Gasteiger partial charge in [0.1, 0.15) is 11.6 Å². The monoisotopic (exact) mass is 519 g/mol. The summed E-state index contributed by atoms with van der Waals surface area (Å²) in [6.45, 7) is 4.25. The van der Waals surface area contributed by atoms with Gasteiger partial charge in [0.2, 0.25) is 11.7 Å². The van der Waals surface area contributed by atoms with Crippen LogP contribution >= 0.6 is 24.8 Å². The highest BCUT2D eigenvalue weighted by atomic mass is 35.5. The van der Waals surface area contributed by atoms with Crippen molar-refractivity contribution in [1.29, 1.82) is 0 Å². The number of halogens is 2. The Morgan fingerprint density at radius 1 is 0.943 bits per heavy atom. The number of aromatic hydroxyl groups is 1. The van der Waals surface area contributed by atoms with Gasteiger partial charge < -0.3 is 24.6 Å². The average Bonchev–Trinajstić information content (AvgIpc) is 2.82. The number of fused-ring (bicyclic) bond motifs is 2. The van der Waals surface area contributed by atoms with Crippen molar-refractivity contribution >= 4 is 58.1 Å². The smallest absolute Gasteiger partial charge is 0.223 e. The molecule has 0 aliphatic heterocycles. The van der Waals surface area contributed by atoms with Gasteiger partial charge in [-0.2, -0.15) is 0 Å². The predicted molar refractivity (Wildman–Crippen MR) is 142 cm³/mol. The van der Waals surface area contributed by atoms with Crippen molar-refractivity contribution in [2.75, 3.05) is 33.2 Å². The van der Waals surface area contributed by atoms with E-state index >= 15 is 0 Å². The molecule has 0 unspecified atom stereocenters. The van der Waals surface area contributed by atoms with E-state index in [4.69, 9.17) is 14.2 Å². The molecule has 0 bridgehead atoms. The van der Waals surface area contributed by atoms with Crippen molar-refractivity contribution in [3.05, 3.63) is 53.2 Å². The Hall–Kier alpha value is -3.49. The van der Waals surface area contributed by atoms with Gasteiger partial charge in [0, 0.05) is 28.4 Å². The molecular weight excluding hydrogens is 493 g/mol. The fraction of sp³-hybridized carbons (Fsp3) is 0.240. The van der Waals surface area contributed by atoms with Gasteiger partial charge in [0.05, 0.1) is 38.0 Å². The van der Waals surface area contributed by atoms with Crippen LogP contribution in [0.2, 0.25) is 0 Å². The average molecular weight is 520 g/mol. The molecule has 4 rings (SSSR count). The minimum atomic E-state index is -0.412. The lowest BCUT2D eigenvalue weighted by Crippen LogP contribution is -2.11. The van der Waals surface area contributed by atoms with Crippen molar-refractivity contribution in [2.24, 2.45) is 0 Å². The van der Waals surface area contributed by atoms with Gasteiger partial charge in [0.15, 0.2) is 11.5 Å². The van der Waals surface area contributed by atoms with Crippen molar-refractivity contribution in [3.8, 4) is 23.1 Å². The Bertz CT molecular complexity index is 1400. The van der Waals surface area contributed by atoms with E-state index in [0.29, 0.717) is 57.2 Å². The number of pyridine rings is 2. The van der Waals surface area contributed by atoms with Crippen LogP contribution in [-0.4, -0.2) is 48.7 Å². The Kier molecular flexibility index (Phi) is 8.95. The molecule has 10 heteroatoms. The lowest BCUT2D eigenvalue weighted by molar-refractivity contribution is 0.103. The SMILES string of the molecule is CCNc1nc2ccc(OC)cc2cc1C(=O)c1c(O)nc(C)c2cc(OC)c(OC)cc12.Cl.Cl. The molecule has 2 heterocycles. The minimum Gasteiger partial charge on any atom is -0.497 e. The Morgan fingerprint density at radius 3 is 2.20 bits per heavy atom. The summed E-state index contributed by atoms with van der Waals surface area (Å²) < 4.78 is 16.2. The summed E-state index contributed by atoms with van der Waals surface area (Å²) in [5.74, 6) is 1.26. The zero-order valence-corrected chi connectivity index (χ0v) is 21.6. The summed E-state index contributed by atoms with van der Waals surface area (Å²) in [6.07, 6.45) is 0. The van der Waals surface area contributed by atoms with Crippen LogP contribution in [0.5, 0.6) is 23.1 Å². The van der Waals surface area contributed by atoms with E-state index in [2.05, 4.69) is 15.3 Å². The van der Waals surface area contributed by atoms with Gasteiger partial charge in [-0.25, -0.2) is 9.97 Å². The van der Waals surface area contributed by atoms with E-state index in [1.807, 2.05) is 25.1 Å². The van der Waals surface area contributed by atoms with Crippen LogP contribution in [-0.2, 0) is 0 Å². The number of nitrogens with zero attached hydrogens (tertiary/aromatic N) is 2. The van der Waals surface area contributed by atoms with Crippen LogP contribution in [0.4, 0.5) is 5.82 Å². The van der Waals surface area contributed by atoms with Crippen molar-refractivity contribution in [3.63, 3.8) is 0 Å². The molecule has 2 aromatic heterocycles. The first-order valence-corrected chi connectivity index (χ1v) is 10.4. The first-order valence-electron chi connectivity index (χ1n) is 10.4. The first kappa shape index (κ1) is 27.8. The van der Waals surface area contributed by atoms with E-state index in [1.165, 1.54) is 14.2 Å². The number of carbonyl (C=O) groups is 1. The molecule has 0 aliphatic rings. The molecule has 8 nitrogen and oxygen atoms in total. The maximum Gasteiger partial charge on any atom is 0.223 e. The molecule has 0 saturated heterocycles. The van der Waals surface area contributed by atoms with Crippen LogP contribution in [0.1, 0.15) is 28.5 Å². The third-order valence-electron chi connectivity index (χ3n) is 5.52. The fourth-order valence-electron chi connectivity index (χ4n) is 3.90. The highest BCUT2D eigenvalue weighted by Gasteiger charge is 2.25. The van der Waals surface area contributed by atoms with Gasteiger partial charge in [-0.05, 0) is 50.2 Å². The Labute approximate surface area is 215 Å². The van der Waals surface area contributed by atoms with Gasteiger partial charge >= 0.3 is 0 Å². The zero-order valence-electron chi connectivity index (χ0n) is 20.0. The van der Waals surface area contributed by atoms with Crippen LogP contribution < -0.4 is 19.5 Å². The van der Waals surface area contributed by atoms with E-state index in [-0.39, 0.29) is 36.3 Å². The summed E-state index contributed by atoms with van der Waals surface area (Å²) in [5, 5.41) is 15.8. The molecule has 0 amide bonds. The van der Waals surface area contributed by atoms with E-state index < -0.39 is 5.78 Å². The highest BCUT2D eigenvalue weighted by Crippen LogP contribution is 2.38. The molecule has 0 saturated carbocycles. The van der Waals surface area contributed by atoms with Gasteiger partial charge in [-0.1, -0.05) is 0 Å². The molecule has 2 N–H and O–H groups in total. The summed E-state index contributed by atoms with van der Waals surface area (Å²) in [6, 6.07) is 10.6. The Morgan fingerprint density at radius 2 is 1.60 bits per heavy atom. The number of carbonyl (C=O) groups excluding carboxylic acids is 1. The third-order valence-corrected chi connectivity index (χ3v) is 5.52. The van der Waals surface area contributed by atoms with Crippen LogP contribution in [0.3, 0.4) is 0 Å². The summed E-state index contributed by atoms with van der Waals surface area (Å²) >= 11 is 0. The molecule has 2 aromatic carbocycles. The molecular formula is C25H27Cl2N3O5. The van der Waals surface area contributed by atoms with E-state index in [0.717, 1.165) is 5.39 Å². The number of hydrogen-bond acceptors (Lipinski definition) is 8. The van der Waals surface area contributed by atoms with Crippen molar-refractivity contribution in [2.45, 2.75) is 13.8 Å². The Balaban J connectivity index is 0.00000216. The summed E-state index contributed by atoms with van der Waals surface area (Å²) in [5.41, 5.74) is 1.66. The number of ketones is 1. The number of aromatic nitrogens is 2. The summed E-state index contributed by atoms with van der Waals surface area (Å²) in [7, 11) is 4.64. The number of hydrogen-bond donors (Lipinski definition) is 2. The fourth-order valence-corrected chi connectivity index (χ4v) is 3.90. The topological polar surface area (TPSA) is 103 Å². The number of methoxy groups -OCH3 is 3. The maximum absolute atomic E-state index is 13.9. The van der Waals surface area contributed by atoms with Crippen LogP contribution in [0.25, 0.3) is 21.7 Å². The second-order valence-electron chi connectivity index (χ2n) is 7.45. The second kappa shape index (κ2) is 11.3. The largest absolute Gasteiger partial charge is 0.497 e. The normalized spacial score (nSPS) is 10.3. The molecule has 4 aromatic rings. The first-order chi connectivity index (χ1) is 15.9. The predicted octanol–water partition coefficient (Wildman–Crippen LogP) is 5.33. The van der Waals surface area contributed by atoms with Crippen molar-refractivity contribution < 1.29 is 24.1 Å². The number of ether oxygens (including phenoxy) is 3. The number of aryl methyl sites for hydroxylation is 1.